The fraction of sp³-hybridized carbons (Fsp3) is 0.625. The summed E-state index contributed by atoms with van der Waals surface area (Å²) in [6, 6.07) is 11.3. The van der Waals surface area contributed by atoms with E-state index in [1.54, 1.807) is 0 Å². The normalized spacial score (nSPS) is 11.9. The number of benzene rings is 1. The highest BCUT2D eigenvalue weighted by Crippen LogP contribution is 2.09. The van der Waals surface area contributed by atoms with Crippen molar-refractivity contribution >= 4 is 0 Å². The minimum atomic E-state index is 0.681. The molecular weight excluding hydrogens is 206 g/mol. The van der Waals surface area contributed by atoms with Crippen molar-refractivity contribution in [2.24, 2.45) is 0 Å². The van der Waals surface area contributed by atoms with Crippen molar-refractivity contribution in [3.8, 4) is 0 Å². The zero-order valence-corrected chi connectivity index (χ0v) is 12.2. The fourth-order valence-corrected chi connectivity index (χ4v) is 1.67. The highest BCUT2D eigenvalue weighted by atomic mass is 15.1. The molecule has 1 aromatic carbocycles. The largest absolute Gasteiger partial charge is 0.299 e. The molecule has 1 heteroatoms. The van der Waals surface area contributed by atoms with Gasteiger partial charge in [-0.3, -0.25) is 4.90 Å². The molecule has 0 saturated heterocycles. The maximum absolute atomic E-state index is 2.42. The Bertz CT molecular complexity index is 255. The quantitative estimate of drug-likeness (QED) is 0.713. The monoisotopic (exact) mass is 235 g/mol. The molecule has 0 saturated carbocycles. The van der Waals surface area contributed by atoms with Crippen LogP contribution in [0.5, 0.6) is 0 Å². The lowest BCUT2D eigenvalue weighted by atomic mass is 10.1. The Labute approximate surface area is 108 Å². The second kappa shape index (κ2) is 10.3. The molecule has 1 nitrogen and oxygen atoms in total. The van der Waals surface area contributed by atoms with Gasteiger partial charge in [-0.2, -0.15) is 0 Å². The number of nitrogens with zero attached hydrogens (tertiary/aromatic N) is 1. The van der Waals surface area contributed by atoms with Gasteiger partial charge in [-0.25, -0.2) is 0 Å². The molecule has 0 aliphatic heterocycles. The van der Waals surface area contributed by atoms with Crippen LogP contribution in [-0.4, -0.2) is 18.0 Å². The molecule has 1 unspecified atom stereocenters. The van der Waals surface area contributed by atoms with Crippen molar-refractivity contribution in [1.29, 1.82) is 0 Å². The molecule has 0 fully saturated rings. The Kier molecular flexibility index (Phi) is 9.84. The van der Waals surface area contributed by atoms with Gasteiger partial charge >= 0.3 is 0 Å². The predicted molar refractivity (Wildman–Crippen MR) is 78.2 cm³/mol. The molecule has 0 spiro atoms. The van der Waals surface area contributed by atoms with Crippen LogP contribution in [0.1, 0.15) is 52.5 Å². The second-order valence-electron chi connectivity index (χ2n) is 4.75. The first kappa shape index (κ1) is 16.2. The van der Waals surface area contributed by atoms with Gasteiger partial charge < -0.3 is 0 Å². The highest BCUT2D eigenvalue weighted by Gasteiger charge is 2.07. The average Bonchev–Trinajstić information content (AvgIpc) is 2.31. The van der Waals surface area contributed by atoms with Crippen LogP contribution >= 0.6 is 0 Å². The van der Waals surface area contributed by atoms with E-state index in [-0.39, 0.29) is 0 Å². The molecule has 98 valence electrons. The molecule has 1 aromatic rings. The van der Waals surface area contributed by atoms with Crippen LogP contribution in [0.2, 0.25) is 0 Å². The summed E-state index contributed by atoms with van der Waals surface area (Å²) in [7, 11) is 2.20. The summed E-state index contributed by atoms with van der Waals surface area (Å²) in [6.07, 6.45) is 3.80. The lowest BCUT2D eigenvalue weighted by molar-refractivity contribution is 0.237. The highest BCUT2D eigenvalue weighted by molar-refractivity contribution is 5.14. The predicted octanol–water partition coefficient (Wildman–Crippen LogP) is 4.72. The van der Waals surface area contributed by atoms with Gasteiger partial charge in [-0.1, -0.05) is 63.9 Å². The summed E-state index contributed by atoms with van der Waals surface area (Å²) in [6.45, 7) is 9.85. The molecule has 0 heterocycles. The van der Waals surface area contributed by atoms with Gasteiger partial charge in [-0.15, -0.1) is 0 Å². The van der Waals surface area contributed by atoms with Gasteiger partial charge in [0.1, 0.15) is 0 Å². The molecule has 0 radical (unpaired) electrons. The minimum Gasteiger partial charge on any atom is -0.299 e. The van der Waals surface area contributed by atoms with Crippen LogP contribution in [0.3, 0.4) is 0 Å². The molecule has 0 aromatic heterocycles. The third-order valence-corrected chi connectivity index (χ3v) is 2.73. The Morgan fingerprint density at radius 2 is 1.59 bits per heavy atom. The van der Waals surface area contributed by atoms with Gasteiger partial charge in [0.25, 0.3) is 0 Å². The minimum absolute atomic E-state index is 0.681. The second-order valence-corrected chi connectivity index (χ2v) is 4.75. The first-order valence-electron chi connectivity index (χ1n) is 6.89. The van der Waals surface area contributed by atoms with Gasteiger partial charge in [-0.05, 0) is 26.0 Å². The van der Waals surface area contributed by atoms with Gasteiger partial charge in [0.2, 0.25) is 0 Å². The van der Waals surface area contributed by atoms with Crippen LogP contribution in [0.4, 0.5) is 0 Å². The van der Waals surface area contributed by atoms with Crippen LogP contribution in [0.15, 0.2) is 30.3 Å². The zero-order valence-electron chi connectivity index (χ0n) is 12.2. The van der Waals surface area contributed by atoms with E-state index in [0.29, 0.717) is 6.04 Å². The lowest BCUT2D eigenvalue weighted by Crippen LogP contribution is -2.28. The van der Waals surface area contributed by atoms with Gasteiger partial charge in [0.15, 0.2) is 0 Å². The van der Waals surface area contributed by atoms with Crippen LogP contribution in [0.25, 0.3) is 0 Å². The zero-order chi connectivity index (χ0) is 13.1. The van der Waals surface area contributed by atoms with E-state index in [2.05, 4.69) is 70.0 Å². The van der Waals surface area contributed by atoms with Crippen molar-refractivity contribution in [2.75, 3.05) is 7.05 Å². The summed E-state index contributed by atoms with van der Waals surface area (Å²) in [4.78, 5) is 2.42. The first-order valence-corrected chi connectivity index (χ1v) is 6.89. The van der Waals surface area contributed by atoms with Gasteiger partial charge in [0, 0.05) is 12.6 Å². The molecule has 0 amide bonds. The van der Waals surface area contributed by atoms with Crippen molar-refractivity contribution in [3.05, 3.63) is 35.9 Å². The van der Waals surface area contributed by atoms with Crippen molar-refractivity contribution in [3.63, 3.8) is 0 Å². The summed E-state index contributed by atoms with van der Waals surface area (Å²) < 4.78 is 0. The van der Waals surface area contributed by atoms with Crippen molar-refractivity contribution in [2.45, 2.75) is 59.5 Å². The standard InChI is InChI=1S/C13H21N.C3H8/c1-4-8-12(2)14(3)11-13-9-6-5-7-10-13;1-3-2/h5-7,9-10,12H,4,8,11H2,1-3H3;3H2,1-2H3. The van der Waals surface area contributed by atoms with Crippen LogP contribution < -0.4 is 0 Å². The Morgan fingerprint density at radius 1 is 1.06 bits per heavy atom. The molecule has 0 N–H and O–H groups in total. The number of rotatable bonds is 5. The molecule has 0 bridgehead atoms. The third-order valence-electron chi connectivity index (χ3n) is 2.73. The van der Waals surface area contributed by atoms with E-state index in [9.17, 15) is 0 Å². The van der Waals surface area contributed by atoms with Crippen LogP contribution in [0, 0.1) is 0 Å². The van der Waals surface area contributed by atoms with E-state index in [0.717, 1.165) is 6.54 Å². The van der Waals surface area contributed by atoms with Crippen molar-refractivity contribution in [1.82, 2.24) is 4.90 Å². The maximum atomic E-state index is 2.42. The van der Waals surface area contributed by atoms with E-state index < -0.39 is 0 Å². The SMILES string of the molecule is CCC.CCCC(C)N(C)Cc1ccccc1. The Balaban J connectivity index is 0.000000770. The average molecular weight is 235 g/mol. The van der Waals surface area contributed by atoms with Gasteiger partial charge in [0.05, 0.1) is 0 Å². The lowest BCUT2D eigenvalue weighted by Gasteiger charge is -2.24. The summed E-state index contributed by atoms with van der Waals surface area (Å²) in [5, 5.41) is 0. The van der Waals surface area contributed by atoms with E-state index in [1.807, 2.05) is 0 Å². The maximum Gasteiger partial charge on any atom is 0.0233 e. The summed E-state index contributed by atoms with van der Waals surface area (Å²) >= 11 is 0. The molecule has 17 heavy (non-hydrogen) atoms. The van der Waals surface area contributed by atoms with E-state index in [4.69, 9.17) is 0 Å². The van der Waals surface area contributed by atoms with E-state index in [1.165, 1.54) is 24.8 Å². The smallest absolute Gasteiger partial charge is 0.0233 e. The van der Waals surface area contributed by atoms with Crippen LogP contribution in [-0.2, 0) is 6.54 Å². The molecule has 0 aliphatic rings. The molecule has 1 rings (SSSR count). The number of hydrogen-bond donors (Lipinski definition) is 0. The summed E-state index contributed by atoms with van der Waals surface area (Å²) in [5.74, 6) is 0. The molecular formula is C16H29N. The fourth-order valence-electron chi connectivity index (χ4n) is 1.67. The summed E-state index contributed by atoms with van der Waals surface area (Å²) in [5.41, 5.74) is 1.40. The third kappa shape index (κ3) is 7.98. The topological polar surface area (TPSA) is 3.24 Å². The van der Waals surface area contributed by atoms with Crippen molar-refractivity contribution < 1.29 is 0 Å². The van der Waals surface area contributed by atoms with E-state index >= 15 is 0 Å². The Morgan fingerprint density at radius 3 is 2.06 bits per heavy atom. The Hall–Kier alpha value is -0.820. The molecule has 1 atom stereocenters. The number of hydrogen-bond acceptors (Lipinski definition) is 1. The molecule has 0 aliphatic carbocycles. The first-order chi connectivity index (χ1) is 8.15.